The second-order valence-corrected chi connectivity index (χ2v) is 4.35. The molecule has 0 aliphatic carbocycles. The first-order valence-electron chi connectivity index (χ1n) is 6.64. The quantitative estimate of drug-likeness (QED) is 0.356. The predicted octanol–water partition coefficient (Wildman–Crippen LogP) is 1.90. The van der Waals surface area contributed by atoms with Crippen molar-refractivity contribution in [3.8, 4) is 23.7 Å². The molecule has 0 spiro atoms. The van der Waals surface area contributed by atoms with Crippen molar-refractivity contribution >= 4 is 5.97 Å². The van der Waals surface area contributed by atoms with Crippen molar-refractivity contribution in [1.29, 1.82) is 0 Å². The lowest BCUT2D eigenvalue weighted by atomic mass is 10.1. The normalized spacial score (nSPS) is 10.1. The third-order valence-electron chi connectivity index (χ3n) is 2.59. The predicted molar refractivity (Wildman–Crippen MR) is 73.0 cm³/mol. The van der Waals surface area contributed by atoms with Crippen LogP contribution in [0.2, 0.25) is 0 Å². The van der Waals surface area contributed by atoms with E-state index in [0.29, 0.717) is 6.42 Å². The first kappa shape index (κ1) is 17.5. The molecule has 19 heavy (non-hydrogen) atoms. The van der Waals surface area contributed by atoms with Crippen molar-refractivity contribution in [3.05, 3.63) is 0 Å². The van der Waals surface area contributed by atoms with Crippen LogP contribution in [0.3, 0.4) is 0 Å². The van der Waals surface area contributed by atoms with Gasteiger partial charge in [-0.15, -0.1) is 0 Å². The number of rotatable bonds is 8. The fourth-order valence-corrected chi connectivity index (χ4v) is 1.46. The fraction of sp³-hybridized carbons (Fsp3) is 0.667. The van der Waals surface area contributed by atoms with E-state index in [1.165, 1.54) is 0 Å². The Morgan fingerprint density at radius 3 is 2.21 bits per heavy atom. The molecule has 0 saturated carbocycles. The summed E-state index contributed by atoms with van der Waals surface area (Å²) >= 11 is 0. The maximum absolute atomic E-state index is 10.4. The second kappa shape index (κ2) is 10.4. The maximum atomic E-state index is 10.4. The minimum absolute atomic E-state index is 0.130. The lowest BCUT2D eigenvalue weighted by molar-refractivity contribution is -0.205. The van der Waals surface area contributed by atoms with Crippen LogP contribution in [0.15, 0.2) is 0 Å². The van der Waals surface area contributed by atoms with E-state index in [9.17, 15) is 4.79 Å². The molecule has 0 aromatic rings. The molecule has 4 nitrogen and oxygen atoms in total. The summed E-state index contributed by atoms with van der Waals surface area (Å²) in [6.45, 7) is 1.98. The van der Waals surface area contributed by atoms with Crippen molar-refractivity contribution in [2.75, 3.05) is 0 Å². The van der Waals surface area contributed by atoms with Gasteiger partial charge in [0.15, 0.2) is 0 Å². The molecule has 0 aliphatic heterocycles. The molecule has 0 aliphatic rings. The Morgan fingerprint density at radius 2 is 1.58 bits per heavy atom. The van der Waals surface area contributed by atoms with E-state index in [-0.39, 0.29) is 6.42 Å². The summed E-state index contributed by atoms with van der Waals surface area (Å²) in [5.41, 5.74) is 0. The van der Waals surface area contributed by atoms with E-state index >= 15 is 0 Å². The number of unbranched alkanes of at least 4 members (excludes halogenated alkanes) is 5. The molecular formula is C15H22O4. The third kappa shape index (κ3) is 10.1. The van der Waals surface area contributed by atoms with Gasteiger partial charge in [-0.05, 0) is 24.7 Å². The van der Waals surface area contributed by atoms with Crippen molar-refractivity contribution in [1.82, 2.24) is 0 Å². The van der Waals surface area contributed by atoms with Gasteiger partial charge < -0.3 is 15.3 Å². The molecule has 0 unspecified atom stereocenters. The standard InChI is InChI=1S/C15H22O4/c1-2-3-4-5-6-7-8-9-10-11-12-13-15(18,19)14(16)17/h18-19H,2,7-13H2,1H3,(H,16,17). The molecule has 0 aromatic carbocycles. The Morgan fingerprint density at radius 1 is 1.00 bits per heavy atom. The first-order chi connectivity index (χ1) is 9.00. The molecule has 0 radical (unpaired) electrons. The fourth-order valence-electron chi connectivity index (χ4n) is 1.46. The Balaban J connectivity index is 3.46. The summed E-state index contributed by atoms with van der Waals surface area (Å²) in [7, 11) is 0. The number of carboxylic acid groups (broad SMARTS) is 1. The molecule has 3 N–H and O–H groups in total. The number of aliphatic carboxylic acids is 1. The molecule has 0 saturated heterocycles. The van der Waals surface area contributed by atoms with Crippen molar-refractivity contribution in [2.45, 2.75) is 64.1 Å². The number of aliphatic hydroxyl groups is 2. The third-order valence-corrected chi connectivity index (χ3v) is 2.59. The minimum Gasteiger partial charge on any atom is -0.477 e. The van der Waals surface area contributed by atoms with Gasteiger partial charge in [0.1, 0.15) is 0 Å². The summed E-state index contributed by atoms with van der Waals surface area (Å²) in [5.74, 6) is 7.20. The zero-order valence-electron chi connectivity index (χ0n) is 11.4. The highest BCUT2D eigenvalue weighted by Gasteiger charge is 2.31. The van der Waals surface area contributed by atoms with E-state index in [0.717, 1.165) is 38.5 Å². The molecule has 4 heteroatoms. The molecule has 0 atom stereocenters. The van der Waals surface area contributed by atoms with Gasteiger partial charge in [0, 0.05) is 19.3 Å². The van der Waals surface area contributed by atoms with E-state index in [1.807, 2.05) is 6.92 Å². The van der Waals surface area contributed by atoms with Crippen LogP contribution in [-0.4, -0.2) is 27.1 Å². The van der Waals surface area contributed by atoms with Crippen LogP contribution in [-0.2, 0) is 4.79 Å². The van der Waals surface area contributed by atoms with Gasteiger partial charge in [0.05, 0.1) is 0 Å². The molecule has 0 aromatic heterocycles. The van der Waals surface area contributed by atoms with Gasteiger partial charge in [-0.1, -0.05) is 38.0 Å². The monoisotopic (exact) mass is 266 g/mol. The maximum Gasteiger partial charge on any atom is 0.364 e. The van der Waals surface area contributed by atoms with Gasteiger partial charge in [-0.25, -0.2) is 4.79 Å². The second-order valence-electron chi connectivity index (χ2n) is 4.35. The van der Waals surface area contributed by atoms with E-state index in [2.05, 4.69) is 23.7 Å². The molecular weight excluding hydrogens is 244 g/mol. The number of carbonyl (C=O) groups is 1. The van der Waals surface area contributed by atoms with Crippen LogP contribution in [0.25, 0.3) is 0 Å². The van der Waals surface area contributed by atoms with Crippen LogP contribution in [0.5, 0.6) is 0 Å². The molecule has 0 fully saturated rings. The first-order valence-corrected chi connectivity index (χ1v) is 6.64. The van der Waals surface area contributed by atoms with Crippen molar-refractivity contribution in [2.24, 2.45) is 0 Å². The highest BCUT2D eigenvalue weighted by molar-refractivity contribution is 5.74. The topological polar surface area (TPSA) is 77.8 Å². The summed E-state index contributed by atoms with van der Waals surface area (Å²) in [5, 5.41) is 26.6. The SMILES string of the molecule is CCC#CC#CCCCCCCCC(O)(O)C(=O)O. The smallest absolute Gasteiger partial charge is 0.364 e. The Labute approximate surface area is 114 Å². The Bertz CT molecular complexity index is 376. The molecule has 0 heterocycles. The summed E-state index contributed by atoms with van der Waals surface area (Å²) < 4.78 is 0. The largest absolute Gasteiger partial charge is 0.477 e. The number of carboxylic acids is 1. The van der Waals surface area contributed by atoms with Crippen LogP contribution in [0, 0.1) is 23.7 Å². The van der Waals surface area contributed by atoms with Gasteiger partial charge in [0.25, 0.3) is 5.79 Å². The van der Waals surface area contributed by atoms with Crippen molar-refractivity contribution in [3.63, 3.8) is 0 Å². The van der Waals surface area contributed by atoms with E-state index < -0.39 is 11.8 Å². The number of hydrogen-bond donors (Lipinski definition) is 3. The highest BCUT2D eigenvalue weighted by atomic mass is 16.5. The number of hydrogen-bond acceptors (Lipinski definition) is 3. The molecule has 106 valence electrons. The summed E-state index contributed by atoms with van der Waals surface area (Å²) in [4.78, 5) is 10.4. The van der Waals surface area contributed by atoms with Crippen LogP contribution in [0.1, 0.15) is 58.3 Å². The Hall–Kier alpha value is -1.49. The Kier molecular flexibility index (Phi) is 9.62. The highest BCUT2D eigenvalue weighted by Crippen LogP contribution is 2.14. The van der Waals surface area contributed by atoms with Gasteiger partial charge >= 0.3 is 5.97 Å². The molecule has 0 rings (SSSR count). The van der Waals surface area contributed by atoms with Gasteiger partial charge in [-0.3, -0.25) is 0 Å². The average molecular weight is 266 g/mol. The van der Waals surface area contributed by atoms with Crippen LogP contribution >= 0.6 is 0 Å². The van der Waals surface area contributed by atoms with Crippen LogP contribution in [0.4, 0.5) is 0 Å². The van der Waals surface area contributed by atoms with Crippen molar-refractivity contribution < 1.29 is 20.1 Å². The average Bonchev–Trinajstić information content (AvgIpc) is 2.35. The summed E-state index contributed by atoms with van der Waals surface area (Å²) in [6.07, 6.45) is 5.73. The van der Waals surface area contributed by atoms with Crippen LogP contribution < -0.4 is 0 Å². The van der Waals surface area contributed by atoms with E-state index in [1.54, 1.807) is 0 Å². The van der Waals surface area contributed by atoms with Gasteiger partial charge in [0.2, 0.25) is 0 Å². The summed E-state index contributed by atoms with van der Waals surface area (Å²) in [6, 6.07) is 0. The minimum atomic E-state index is -2.58. The molecule has 0 amide bonds. The molecule has 0 bridgehead atoms. The van der Waals surface area contributed by atoms with Gasteiger partial charge in [-0.2, -0.15) is 0 Å². The zero-order chi connectivity index (χ0) is 14.6. The zero-order valence-corrected chi connectivity index (χ0v) is 11.4. The lowest BCUT2D eigenvalue weighted by Gasteiger charge is -2.15. The van der Waals surface area contributed by atoms with E-state index in [4.69, 9.17) is 15.3 Å². The lowest BCUT2D eigenvalue weighted by Crippen LogP contribution is -2.37.